The van der Waals surface area contributed by atoms with E-state index in [2.05, 4.69) is 33.9 Å². The molecule has 1 aromatic heterocycles. The van der Waals surface area contributed by atoms with E-state index >= 15 is 0 Å². The summed E-state index contributed by atoms with van der Waals surface area (Å²) in [7, 11) is 1.39. The number of ether oxygens (including phenoxy) is 1. The summed E-state index contributed by atoms with van der Waals surface area (Å²) in [6, 6.07) is 13.9. The minimum absolute atomic E-state index is 0.328. The third kappa shape index (κ3) is 4.64. The van der Waals surface area contributed by atoms with E-state index in [9.17, 15) is 4.79 Å². The number of rotatable bonds is 6. The number of esters is 1. The number of carbonyl (C=O) groups excluding carboxylic acids is 1. The molecular formula is C21H20N2O2S2. The molecule has 0 aliphatic heterocycles. The first kappa shape index (κ1) is 19.3. The molecule has 0 saturated carbocycles. The molecule has 138 valence electrons. The Kier molecular flexibility index (Phi) is 6.08. The lowest BCUT2D eigenvalue weighted by atomic mass is 9.96. The zero-order valence-corrected chi connectivity index (χ0v) is 17.1. The molecule has 0 aliphatic rings. The summed E-state index contributed by atoms with van der Waals surface area (Å²) >= 11 is 6.96. The number of aromatic nitrogens is 2. The second-order valence-corrected chi connectivity index (χ2v) is 7.81. The van der Waals surface area contributed by atoms with Crippen LogP contribution in [-0.2, 0) is 17.6 Å². The van der Waals surface area contributed by atoms with Crippen LogP contribution in [0.1, 0.15) is 32.1 Å². The fourth-order valence-corrected chi connectivity index (χ4v) is 3.94. The van der Waals surface area contributed by atoms with Crippen molar-refractivity contribution in [2.24, 2.45) is 0 Å². The Morgan fingerprint density at radius 1 is 1.11 bits per heavy atom. The largest absolute Gasteiger partial charge is 0.465 e. The number of thiocarbonyl (C=S) groups is 1. The molecule has 0 bridgehead atoms. The number of benzene rings is 2. The van der Waals surface area contributed by atoms with Crippen molar-refractivity contribution in [2.75, 3.05) is 7.11 Å². The molecule has 0 saturated heterocycles. The number of aryl methyl sites for hydroxylation is 2. The van der Waals surface area contributed by atoms with Crippen LogP contribution < -0.4 is 0 Å². The van der Waals surface area contributed by atoms with Crippen molar-refractivity contribution in [2.45, 2.75) is 26.7 Å². The van der Waals surface area contributed by atoms with Crippen molar-refractivity contribution in [3.8, 4) is 11.1 Å². The maximum Gasteiger partial charge on any atom is 0.337 e. The van der Waals surface area contributed by atoms with Crippen molar-refractivity contribution in [1.82, 2.24) is 9.59 Å². The molecule has 0 atom stereocenters. The summed E-state index contributed by atoms with van der Waals surface area (Å²) in [5.74, 6) is -0.328. The average molecular weight is 397 g/mol. The third-order valence-corrected chi connectivity index (χ3v) is 5.54. The highest BCUT2D eigenvalue weighted by Crippen LogP contribution is 2.26. The topological polar surface area (TPSA) is 52.1 Å². The number of carbonyl (C=O) groups is 1. The van der Waals surface area contributed by atoms with Gasteiger partial charge < -0.3 is 4.74 Å². The maximum absolute atomic E-state index is 11.8. The van der Waals surface area contributed by atoms with E-state index in [4.69, 9.17) is 17.0 Å². The summed E-state index contributed by atoms with van der Waals surface area (Å²) in [5.41, 5.74) is 5.88. The van der Waals surface area contributed by atoms with Crippen LogP contribution in [0.25, 0.3) is 11.1 Å². The first-order valence-electron chi connectivity index (χ1n) is 8.55. The van der Waals surface area contributed by atoms with Crippen LogP contribution in [0.5, 0.6) is 0 Å². The zero-order valence-electron chi connectivity index (χ0n) is 15.5. The van der Waals surface area contributed by atoms with Gasteiger partial charge in [0.25, 0.3) is 0 Å². The summed E-state index contributed by atoms with van der Waals surface area (Å²) in [6.45, 7) is 3.99. The summed E-state index contributed by atoms with van der Waals surface area (Å²) in [5, 5.41) is 4.03. The lowest BCUT2D eigenvalue weighted by molar-refractivity contribution is 0.0601. The van der Waals surface area contributed by atoms with Crippen molar-refractivity contribution < 1.29 is 9.53 Å². The highest BCUT2D eigenvalue weighted by molar-refractivity contribution is 7.80. The van der Waals surface area contributed by atoms with Crippen LogP contribution in [0.15, 0.2) is 42.5 Å². The molecule has 3 rings (SSSR count). The Morgan fingerprint density at radius 3 is 2.48 bits per heavy atom. The van der Waals surface area contributed by atoms with Crippen molar-refractivity contribution >= 4 is 34.6 Å². The molecule has 2 aromatic carbocycles. The van der Waals surface area contributed by atoms with Gasteiger partial charge in [-0.05, 0) is 59.8 Å². The van der Waals surface area contributed by atoms with Gasteiger partial charge in [0.15, 0.2) is 0 Å². The van der Waals surface area contributed by atoms with E-state index in [1.165, 1.54) is 24.2 Å². The van der Waals surface area contributed by atoms with Gasteiger partial charge in [0.05, 0.1) is 23.2 Å². The van der Waals surface area contributed by atoms with Crippen LogP contribution in [0.4, 0.5) is 0 Å². The van der Waals surface area contributed by atoms with Crippen molar-refractivity contribution in [3.63, 3.8) is 0 Å². The molecule has 27 heavy (non-hydrogen) atoms. The van der Waals surface area contributed by atoms with E-state index in [0.717, 1.165) is 45.0 Å². The molecule has 0 N–H and O–H groups in total. The normalized spacial score (nSPS) is 10.6. The summed E-state index contributed by atoms with van der Waals surface area (Å²) in [4.78, 5) is 13.9. The minimum Gasteiger partial charge on any atom is -0.465 e. The smallest absolute Gasteiger partial charge is 0.337 e. The highest BCUT2D eigenvalue weighted by Gasteiger charge is 2.11. The monoisotopic (exact) mass is 396 g/mol. The molecule has 3 aromatic rings. The molecule has 0 amide bonds. The Hall–Kier alpha value is -2.44. The quantitative estimate of drug-likeness (QED) is 0.444. The predicted octanol–water partition coefficient (Wildman–Crippen LogP) is 4.76. The number of hydrogen-bond donors (Lipinski definition) is 0. The van der Waals surface area contributed by atoms with Gasteiger partial charge in [-0.1, -0.05) is 47.0 Å². The minimum atomic E-state index is -0.328. The van der Waals surface area contributed by atoms with Crippen LogP contribution in [0.3, 0.4) is 0 Å². The predicted molar refractivity (Wildman–Crippen MR) is 113 cm³/mol. The lowest BCUT2D eigenvalue weighted by Gasteiger charge is -2.10. The molecule has 0 spiro atoms. The van der Waals surface area contributed by atoms with Gasteiger partial charge in [0.1, 0.15) is 0 Å². The standard InChI is InChI=1S/C21H20N2O2S2/c1-13-4-7-17(21(24)25-3)11-19(13)16-8-5-15(6-9-16)10-18(26)12-20-14(2)22-23-27-20/h4-9,11H,10,12H2,1-3H3. The van der Waals surface area contributed by atoms with E-state index in [0.29, 0.717) is 5.56 Å². The first-order chi connectivity index (χ1) is 13.0. The molecule has 4 nitrogen and oxygen atoms in total. The maximum atomic E-state index is 11.8. The highest BCUT2D eigenvalue weighted by atomic mass is 32.1. The third-order valence-electron chi connectivity index (χ3n) is 4.43. The first-order valence-corrected chi connectivity index (χ1v) is 9.74. The molecule has 1 heterocycles. The van der Waals surface area contributed by atoms with Gasteiger partial charge in [-0.2, -0.15) is 0 Å². The number of nitrogens with zero attached hydrogens (tertiary/aromatic N) is 2. The molecule has 0 fully saturated rings. The van der Waals surface area contributed by atoms with Crippen LogP contribution in [0.2, 0.25) is 0 Å². The van der Waals surface area contributed by atoms with Gasteiger partial charge in [-0.3, -0.25) is 0 Å². The number of methoxy groups -OCH3 is 1. The van der Waals surface area contributed by atoms with Gasteiger partial charge in [0.2, 0.25) is 0 Å². The van der Waals surface area contributed by atoms with Crippen molar-refractivity contribution in [1.29, 1.82) is 0 Å². The van der Waals surface area contributed by atoms with Crippen LogP contribution in [-0.4, -0.2) is 27.5 Å². The fraction of sp³-hybridized carbons (Fsp3) is 0.238. The van der Waals surface area contributed by atoms with E-state index < -0.39 is 0 Å². The molecular weight excluding hydrogens is 376 g/mol. The van der Waals surface area contributed by atoms with E-state index in [-0.39, 0.29) is 5.97 Å². The molecule has 0 aliphatic carbocycles. The average Bonchev–Trinajstić information content (AvgIpc) is 3.06. The zero-order chi connectivity index (χ0) is 19.4. The molecule has 6 heteroatoms. The Morgan fingerprint density at radius 2 is 1.85 bits per heavy atom. The Bertz CT molecular complexity index is 978. The Balaban J connectivity index is 1.74. The van der Waals surface area contributed by atoms with Crippen LogP contribution >= 0.6 is 23.8 Å². The molecule has 0 unspecified atom stereocenters. The van der Waals surface area contributed by atoms with Gasteiger partial charge >= 0.3 is 5.97 Å². The second kappa shape index (κ2) is 8.50. The van der Waals surface area contributed by atoms with Gasteiger partial charge in [0, 0.05) is 17.7 Å². The molecule has 0 radical (unpaired) electrons. The fourth-order valence-electron chi connectivity index (χ4n) is 2.86. The van der Waals surface area contributed by atoms with Crippen molar-refractivity contribution in [3.05, 3.63) is 69.7 Å². The van der Waals surface area contributed by atoms with Gasteiger partial charge in [-0.25, -0.2) is 4.79 Å². The SMILES string of the molecule is COC(=O)c1ccc(C)c(-c2ccc(CC(=S)Cc3snnc3C)cc2)c1. The summed E-state index contributed by atoms with van der Waals surface area (Å²) in [6.07, 6.45) is 1.48. The number of hydrogen-bond acceptors (Lipinski definition) is 6. The van der Waals surface area contributed by atoms with Crippen LogP contribution in [0, 0.1) is 13.8 Å². The summed E-state index contributed by atoms with van der Waals surface area (Å²) < 4.78 is 8.78. The Labute approximate surface area is 168 Å². The second-order valence-electron chi connectivity index (χ2n) is 6.39. The van der Waals surface area contributed by atoms with E-state index in [1.54, 1.807) is 6.07 Å². The van der Waals surface area contributed by atoms with Gasteiger partial charge in [-0.15, -0.1) is 5.10 Å². The lowest BCUT2D eigenvalue weighted by Crippen LogP contribution is -2.04. The van der Waals surface area contributed by atoms with E-state index in [1.807, 2.05) is 26.0 Å².